The van der Waals surface area contributed by atoms with E-state index in [-0.39, 0.29) is 0 Å². The van der Waals surface area contributed by atoms with Crippen molar-refractivity contribution in [2.75, 3.05) is 20.1 Å². The zero-order valence-corrected chi connectivity index (χ0v) is 11.8. The highest BCUT2D eigenvalue weighted by molar-refractivity contribution is 4.81. The number of rotatable bonds is 2. The van der Waals surface area contributed by atoms with Crippen molar-refractivity contribution in [1.82, 2.24) is 10.2 Å². The topological polar surface area (TPSA) is 15.3 Å². The van der Waals surface area contributed by atoms with Crippen molar-refractivity contribution in [2.24, 2.45) is 5.92 Å². The SMILES string of the molecule is CC1CCCC(N(C)C2CCCNCC2)CC1. The largest absolute Gasteiger partial charge is 0.317 e. The fraction of sp³-hybridized carbons (Fsp3) is 1.00. The lowest BCUT2D eigenvalue weighted by atomic mass is 10.0. The van der Waals surface area contributed by atoms with Crippen molar-refractivity contribution < 1.29 is 0 Å². The van der Waals surface area contributed by atoms with Crippen LogP contribution in [-0.4, -0.2) is 37.1 Å². The van der Waals surface area contributed by atoms with Gasteiger partial charge in [0.1, 0.15) is 0 Å². The molecule has 3 unspecified atom stereocenters. The molecule has 0 aromatic rings. The molecule has 1 heterocycles. The summed E-state index contributed by atoms with van der Waals surface area (Å²) < 4.78 is 0. The second-order valence-corrected chi connectivity index (χ2v) is 6.27. The quantitative estimate of drug-likeness (QED) is 0.744. The lowest BCUT2D eigenvalue weighted by molar-refractivity contribution is 0.145. The van der Waals surface area contributed by atoms with Gasteiger partial charge in [0.05, 0.1) is 0 Å². The average Bonchev–Trinajstić information content (AvgIpc) is 2.70. The second-order valence-electron chi connectivity index (χ2n) is 6.27. The Bertz CT molecular complexity index is 209. The third-order valence-electron chi connectivity index (χ3n) is 4.92. The Labute approximate surface area is 107 Å². The van der Waals surface area contributed by atoms with Crippen LogP contribution in [0.2, 0.25) is 0 Å². The van der Waals surface area contributed by atoms with Crippen molar-refractivity contribution in [3.8, 4) is 0 Å². The van der Waals surface area contributed by atoms with E-state index in [4.69, 9.17) is 0 Å². The third kappa shape index (κ3) is 3.96. The second kappa shape index (κ2) is 6.75. The molecule has 2 rings (SSSR count). The van der Waals surface area contributed by atoms with E-state index in [0.29, 0.717) is 0 Å². The van der Waals surface area contributed by atoms with Crippen LogP contribution in [0.3, 0.4) is 0 Å². The lowest BCUT2D eigenvalue weighted by Gasteiger charge is -2.34. The molecule has 0 bridgehead atoms. The van der Waals surface area contributed by atoms with Crippen LogP contribution < -0.4 is 5.32 Å². The van der Waals surface area contributed by atoms with Gasteiger partial charge in [0.25, 0.3) is 0 Å². The van der Waals surface area contributed by atoms with E-state index >= 15 is 0 Å². The minimum Gasteiger partial charge on any atom is -0.317 e. The standard InChI is InChI=1S/C15H30N2/c1-13-5-3-6-14(9-8-13)17(2)15-7-4-11-16-12-10-15/h13-16H,3-12H2,1-2H3. The molecule has 100 valence electrons. The molecule has 1 saturated heterocycles. The highest BCUT2D eigenvalue weighted by atomic mass is 15.2. The van der Waals surface area contributed by atoms with E-state index in [1.165, 1.54) is 64.5 Å². The van der Waals surface area contributed by atoms with E-state index < -0.39 is 0 Å². The van der Waals surface area contributed by atoms with Crippen LogP contribution in [0.25, 0.3) is 0 Å². The Morgan fingerprint density at radius 3 is 2.47 bits per heavy atom. The van der Waals surface area contributed by atoms with E-state index in [2.05, 4.69) is 24.2 Å². The van der Waals surface area contributed by atoms with Crippen LogP contribution in [0.4, 0.5) is 0 Å². The summed E-state index contributed by atoms with van der Waals surface area (Å²) in [6, 6.07) is 1.70. The first-order valence-electron chi connectivity index (χ1n) is 7.70. The molecule has 2 nitrogen and oxygen atoms in total. The minimum atomic E-state index is 0.836. The first-order valence-corrected chi connectivity index (χ1v) is 7.70. The summed E-state index contributed by atoms with van der Waals surface area (Å²) in [7, 11) is 2.39. The first-order chi connectivity index (χ1) is 8.27. The fourth-order valence-electron chi connectivity index (χ4n) is 3.58. The van der Waals surface area contributed by atoms with Gasteiger partial charge in [-0.3, -0.25) is 0 Å². The lowest BCUT2D eigenvalue weighted by Crippen LogP contribution is -2.40. The van der Waals surface area contributed by atoms with Crippen molar-refractivity contribution in [3.63, 3.8) is 0 Å². The highest BCUT2D eigenvalue weighted by Crippen LogP contribution is 2.27. The van der Waals surface area contributed by atoms with Gasteiger partial charge in [-0.05, 0) is 64.6 Å². The number of nitrogens with one attached hydrogen (secondary N) is 1. The Morgan fingerprint density at radius 1 is 0.824 bits per heavy atom. The molecule has 0 aromatic heterocycles. The molecule has 2 fully saturated rings. The van der Waals surface area contributed by atoms with E-state index in [0.717, 1.165) is 18.0 Å². The molecule has 1 saturated carbocycles. The maximum atomic E-state index is 3.53. The number of nitrogens with zero attached hydrogens (tertiary/aromatic N) is 1. The Kier molecular flexibility index (Phi) is 5.30. The minimum absolute atomic E-state index is 0.836. The molecule has 1 N–H and O–H groups in total. The van der Waals surface area contributed by atoms with E-state index in [1.54, 1.807) is 0 Å². The van der Waals surface area contributed by atoms with Gasteiger partial charge in [-0.15, -0.1) is 0 Å². The predicted octanol–water partition coefficient (Wildman–Crippen LogP) is 3.03. The summed E-state index contributed by atoms with van der Waals surface area (Å²) in [5.41, 5.74) is 0. The average molecular weight is 238 g/mol. The summed E-state index contributed by atoms with van der Waals surface area (Å²) in [4.78, 5) is 2.73. The van der Waals surface area contributed by atoms with Crippen molar-refractivity contribution in [1.29, 1.82) is 0 Å². The Balaban J connectivity index is 1.86. The third-order valence-corrected chi connectivity index (χ3v) is 4.92. The van der Waals surface area contributed by atoms with Gasteiger partial charge in [-0.2, -0.15) is 0 Å². The van der Waals surface area contributed by atoms with Crippen LogP contribution in [0.5, 0.6) is 0 Å². The monoisotopic (exact) mass is 238 g/mol. The molecule has 0 amide bonds. The molecule has 1 aliphatic carbocycles. The molecule has 0 radical (unpaired) electrons. The summed E-state index contributed by atoms with van der Waals surface area (Å²) in [6.45, 7) is 4.88. The van der Waals surface area contributed by atoms with E-state index in [9.17, 15) is 0 Å². The van der Waals surface area contributed by atoms with Gasteiger partial charge in [0.15, 0.2) is 0 Å². The molecule has 3 atom stereocenters. The molecule has 0 spiro atoms. The zero-order valence-electron chi connectivity index (χ0n) is 11.8. The maximum Gasteiger partial charge on any atom is 0.0108 e. The van der Waals surface area contributed by atoms with Gasteiger partial charge < -0.3 is 10.2 Å². The normalized spacial score (nSPS) is 36.5. The van der Waals surface area contributed by atoms with Crippen LogP contribution in [-0.2, 0) is 0 Å². The highest BCUT2D eigenvalue weighted by Gasteiger charge is 2.25. The van der Waals surface area contributed by atoms with E-state index in [1.807, 2.05) is 0 Å². The predicted molar refractivity (Wildman–Crippen MR) is 74.3 cm³/mol. The molecule has 0 aromatic carbocycles. The summed E-state index contributed by atoms with van der Waals surface area (Å²) in [5, 5.41) is 3.53. The van der Waals surface area contributed by atoms with Crippen molar-refractivity contribution in [2.45, 2.75) is 70.4 Å². The first kappa shape index (κ1) is 13.4. The van der Waals surface area contributed by atoms with Crippen molar-refractivity contribution in [3.05, 3.63) is 0 Å². The van der Waals surface area contributed by atoms with Gasteiger partial charge in [-0.25, -0.2) is 0 Å². The molecular formula is C15H30N2. The molecule has 2 aliphatic rings. The van der Waals surface area contributed by atoms with Crippen LogP contribution in [0, 0.1) is 5.92 Å². The van der Waals surface area contributed by atoms with Gasteiger partial charge >= 0.3 is 0 Å². The van der Waals surface area contributed by atoms with Gasteiger partial charge in [0, 0.05) is 12.1 Å². The van der Waals surface area contributed by atoms with Crippen LogP contribution in [0.1, 0.15) is 58.3 Å². The van der Waals surface area contributed by atoms with Crippen LogP contribution >= 0.6 is 0 Å². The molecule has 17 heavy (non-hydrogen) atoms. The Morgan fingerprint density at radius 2 is 1.59 bits per heavy atom. The fourth-order valence-corrected chi connectivity index (χ4v) is 3.58. The molecule has 2 heteroatoms. The maximum absolute atomic E-state index is 3.53. The zero-order chi connectivity index (χ0) is 12.1. The summed E-state index contributed by atoms with van der Waals surface area (Å²) in [5.74, 6) is 0.962. The smallest absolute Gasteiger partial charge is 0.0108 e. The van der Waals surface area contributed by atoms with Crippen molar-refractivity contribution >= 4 is 0 Å². The van der Waals surface area contributed by atoms with Gasteiger partial charge in [0.2, 0.25) is 0 Å². The van der Waals surface area contributed by atoms with Gasteiger partial charge in [-0.1, -0.05) is 19.8 Å². The molecular weight excluding hydrogens is 208 g/mol. The number of hydrogen-bond donors (Lipinski definition) is 1. The van der Waals surface area contributed by atoms with Crippen LogP contribution in [0.15, 0.2) is 0 Å². The summed E-state index contributed by atoms with van der Waals surface area (Å²) in [6.07, 6.45) is 11.3. The molecule has 1 aliphatic heterocycles. The Hall–Kier alpha value is -0.0800. The number of hydrogen-bond acceptors (Lipinski definition) is 2. The summed E-state index contributed by atoms with van der Waals surface area (Å²) >= 11 is 0.